The molecule has 4 aromatic heterocycles. The molecule has 12 rings (SSSR count). The molecule has 0 aliphatic heterocycles. The molecule has 0 atom stereocenters. The molecule has 0 unspecified atom stereocenters. The molecule has 1 aliphatic carbocycles. The van der Waals surface area contributed by atoms with Gasteiger partial charge in [0, 0.05) is 64.2 Å². The van der Waals surface area contributed by atoms with Gasteiger partial charge in [0.2, 0.25) is 5.95 Å². The van der Waals surface area contributed by atoms with Crippen LogP contribution in [0.2, 0.25) is 0 Å². The molecule has 4 nitrogen and oxygen atoms in total. The zero-order valence-electron chi connectivity index (χ0n) is 29.8. The highest BCUT2D eigenvalue weighted by Gasteiger charge is 2.24. The van der Waals surface area contributed by atoms with E-state index in [2.05, 4.69) is 179 Å². The molecular weight excluding hydrogens is 689 g/mol. The van der Waals surface area contributed by atoms with Crippen LogP contribution in [0, 0.1) is 0 Å². The number of allylic oxidation sites excluding steroid dienone is 1. The van der Waals surface area contributed by atoms with Gasteiger partial charge in [-0.05, 0) is 72.5 Å². The fraction of sp³-hybridized carbons (Fsp3) is 0.0400. The lowest BCUT2D eigenvalue weighted by atomic mass is 9.98. The van der Waals surface area contributed by atoms with Crippen molar-refractivity contribution < 1.29 is 0 Å². The van der Waals surface area contributed by atoms with Crippen molar-refractivity contribution in [2.75, 3.05) is 0 Å². The molecule has 0 N–H and O–H groups in total. The molecule has 0 saturated heterocycles. The number of nitrogens with zero attached hydrogens (tertiary/aromatic N) is 4. The number of rotatable bonds is 4. The minimum Gasteiger partial charge on any atom is -0.309 e. The van der Waals surface area contributed by atoms with Gasteiger partial charge in [-0.25, -0.2) is 9.97 Å². The summed E-state index contributed by atoms with van der Waals surface area (Å²) in [6.45, 7) is 0. The van der Waals surface area contributed by atoms with Crippen LogP contribution in [0.5, 0.6) is 0 Å². The van der Waals surface area contributed by atoms with Gasteiger partial charge < -0.3 is 4.57 Å². The van der Waals surface area contributed by atoms with E-state index in [0.717, 1.165) is 52.2 Å². The Labute approximate surface area is 320 Å². The topological polar surface area (TPSA) is 35.6 Å². The zero-order valence-corrected chi connectivity index (χ0v) is 30.6. The Morgan fingerprint density at radius 2 is 1.22 bits per heavy atom. The summed E-state index contributed by atoms with van der Waals surface area (Å²) < 4.78 is 7.23. The van der Waals surface area contributed by atoms with Gasteiger partial charge in [-0.3, -0.25) is 4.57 Å². The summed E-state index contributed by atoms with van der Waals surface area (Å²) in [4.78, 5) is 10.9. The largest absolute Gasteiger partial charge is 0.309 e. The molecule has 0 amide bonds. The summed E-state index contributed by atoms with van der Waals surface area (Å²) in [6, 6.07) is 57.0. The average Bonchev–Trinajstić information content (AvgIpc) is 3.91. The van der Waals surface area contributed by atoms with Crippen molar-refractivity contribution in [1.82, 2.24) is 19.1 Å². The predicted molar refractivity (Wildman–Crippen MR) is 232 cm³/mol. The Balaban J connectivity index is 1.08. The fourth-order valence-corrected chi connectivity index (χ4v) is 10.2. The van der Waals surface area contributed by atoms with E-state index >= 15 is 0 Å². The van der Waals surface area contributed by atoms with E-state index in [1.54, 1.807) is 0 Å². The van der Waals surface area contributed by atoms with E-state index in [-0.39, 0.29) is 0 Å². The van der Waals surface area contributed by atoms with Gasteiger partial charge in [0.15, 0.2) is 0 Å². The van der Waals surface area contributed by atoms with Gasteiger partial charge in [-0.15, -0.1) is 11.3 Å². The SMILES string of the molecule is C1=Cc2c(n(-c3nc(-c4ccccc4)c4c(ccc5c6ccccc6sc54)n3)c3ccc(-c4ccc5c6ccccc6n(-c6ccccc6)c5c4)cc23)CC1. The Bertz CT molecular complexity index is 3370. The molecule has 0 bridgehead atoms. The third-order valence-electron chi connectivity index (χ3n) is 11.4. The third-order valence-corrected chi connectivity index (χ3v) is 12.6. The van der Waals surface area contributed by atoms with E-state index in [4.69, 9.17) is 9.97 Å². The maximum absolute atomic E-state index is 5.50. The van der Waals surface area contributed by atoms with Crippen molar-refractivity contribution in [3.05, 3.63) is 175 Å². The molecule has 0 radical (unpaired) electrons. The first-order chi connectivity index (χ1) is 27.3. The first kappa shape index (κ1) is 30.6. The average molecular weight is 721 g/mol. The summed E-state index contributed by atoms with van der Waals surface area (Å²) in [5.74, 6) is 0.718. The lowest BCUT2D eigenvalue weighted by molar-refractivity contribution is 0.853. The van der Waals surface area contributed by atoms with Crippen LogP contribution in [0.1, 0.15) is 17.7 Å². The summed E-state index contributed by atoms with van der Waals surface area (Å²) >= 11 is 1.83. The van der Waals surface area contributed by atoms with Gasteiger partial charge in [-0.2, -0.15) is 0 Å². The molecule has 4 heterocycles. The molecule has 0 fully saturated rings. The third kappa shape index (κ3) is 4.57. The van der Waals surface area contributed by atoms with E-state index < -0.39 is 0 Å². The number of aromatic nitrogens is 4. The first-order valence-corrected chi connectivity index (χ1v) is 19.7. The molecule has 11 aromatic rings. The molecule has 7 aromatic carbocycles. The van der Waals surface area contributed by atoms with Crippen molar-refractivity contribution in [1.29, 1.82) is 0 Å². The summed E-state index contributed by atoms with van der Waals surface area (Å²) in [7, 11) is 0. The van der Waals surface area contributed by atoms with Crippen molar-refractivity contribution in [3.63, 3.8) is 0 Å². The highest BCUT2D eigenvalue weighted by molar-refractivity contribution is 7.26. The van der Waals surface area contributed by atoms with E-state index in [9.17, 15) is 0 Å². The van der Waals surface area contributed by atoms with E-state index in [1.165, 1.54) is 69.7 Å². The lowest BCUT2D eigenvalue weighted by Crippen LogP contribution is -2.08. The van der Waals surface area contributed by atoms with Crippen molar-refractivity contribution in [2.45, 2.75) is 12.8 Å². The van der Waals surface area contributed by atoms with Crippen LogP contribution in [-0.4, -0.2) is 19.1 Å². The minimum absolute atomic E-state index is 0.718. The highest BCUT2D eigenvalue weighted by Crippen LogP contribution is 2.43. The van der Waals surface area contributed by atoms with Gasteiger partial charge in [0.25, 0.3) is 0 Å². The van der Waals surface area contributed by atoms with Crippen molar-refractivity contribution in [2.24, 2.45) is 0 Å². The maximum Gasteiger partial charge on any atom is 0.235 e. The second-order valence-corrected chi connectivity index (χ2v) is 15.5. The van der Waals surface area contributed by atoms with Gasteiger partial charge >= 0.3 is 0 Å². The second kappa shape index (κ2) is 11.8. The summed E-state index contributed by atoms with van der Waals surface area (Å²) in [5.41, 5.74) is 12.6. The van der Waals surface area contributed by atoms with Gasteiger partial charge in [0.1, 0.15) is 0 Å². The summed E-state index contributed by atoms with van der Waals surface area (Å²) in [5, 5.41) is 7.39. The number of hydrogen-bond donors (Lipinski definition) is 0. The zero-order chi connectivity index (χ0) is 36.0. The standard InChI is InChI=1S/C50H32N4S/c1-3-13-31(14-4-1)48-47-41(27-26-39-38-19-9-12-22-46(38)55-49(39)47)51-50(52-48)54-43-21-11-8-18-36(43)40-29-32(24-28-44(40)54)33-23-25-37-35-17-7-10-20-42(35)53(45(37)30-33)34-15-5-2-6-16-34/h1-10,12-20,22-30H,11,21H2. The van der Waals surface area contributed by atoms with Crippen LogP contribution >= 0.6 is 11.3 Å². The molecule has 1 aliphatic rings. The van der Waals surface area contributed by atoms with Crippen LogP contribution in [-0.2, 0) is 6.42 Å². The van der Waals surface area contributed by atoms with Crippen LogP contribution in [0.15, 0.2) is 164 Å². The number of fused-ring (bicyclic) bond motifs is 11. The monoisotopic (exact) mass is 720 g/mol. The number of thiophene rings is 1. The molecular formula is C50H32N4S. The van der Waals surface area contributed by atoms with Crippen LogP contribution in [0.4, 0.5) is 0 Å². The number of para-hydroxylation sites is 2. The molecule has 55 heavy (non-hydrogen) atoms. The molecule has 258 valence electrons. The van der Waals surface area contributed by atoms with Crippen LogP contribution < -0.4 is 0 Å². The first-order valence-electron chi connectivity index (χ1n) is 18.9. The quantitative estimate of drug-likeness (QED) is 0.181. The highest BCUT2D eigenvalue weighted by atomic mass is 32.1. The predicted octanol–water partition coefficient (Wildman–Crippen LogP) is 13.3. The smallest absolute Gasteiger partial charge is 0.235 e. The van der Waals surface area contributed by atoms with Crippen molar-refractivity contribution >= 4 is 81.2 Å². The lowest BCUT2D eigenvalue weighted by Gasteiger charge is -2.15. The van der Waals surface area contributed by atoms with Gasteiger partial charge in [0.05, 0.1) is 27.8 Å². The molecule has 0 saturated carbocycles. The molecule has 5 heteroatoms. The molecule has 0 spiro atoms. The Morgan fingerprint density at radius 3 is 2.11 bits per heavy atom. The number of benzene rings is 7. The summed E-state index contributed by atoms with van der Waals surface area (Å²) in [6.07, 6.45) is 6.52. The second-order valence-electron chi connectivity index (χ2n) is 14.5. The van der Waals surface area contributed by atoms with Crippen molar-refractivity contribution in [3.8, 4) is 34.0 Å². The minimum atomic E-state index is 0.718. The normalized spacial score (nSPS) is 12.9. The Hall–Kier alpha value is -6.82. The number of hydrogen-bond acceptors (Lipinski definition) is 3. The van der Waals surface area contributed by atoms with E-state index in [1.807, 2.05) is 11.3 Å². The maximum atomic E-state index is 5.50. The fourth-order valence-electron chi connectivity index (χ4n) is 8.93. The Morgan fingerprint density at radius 1 is 0.509 bits per heavy atom. The van der Waals surface area contributed by atoms with Crippen LogP contribution in [0.25, 0.3) is 104 Å². The van der Waals surface area contributed by atoms with Crippen LogP contribution in [0.3, 0.4) is 0 Å². The van der Waals surface area contributed by atoms with Gasteiger partial charge in [-0.1, -0.05) is 121 Å². The Kier molecular flexibility index (Phi) is 6.59. The van der Waals surface area contributed by atoms with E-state index in [0.29, 0.717) is 0 Å².